The Kier molecular flexibility index (Phi) is 5.72. The van der Waals surface area contributed by atoms with E-state index >= 15 is 0 Å². The highest BCUT2D eigenvalue weighted by molar-refractivity contribution is 5.50. The number of hydrogen-bond donors (Lipinski definition) is 2. The number of nitrogens with zero attached hydrogens (tertiary/aromatic N) is 4. The van der Waals surface area contributed by atoms with Crippen LogP contribution in [-0.4, -0.2) is 71.9 Å². The number of rotatable bonds is 3. The van der Waals surface area contributed by atoms with Crippen molar-refractivity contribution in [2.45, 2.75) is 51.5 Å². The first-order valence-electron chi connectivity index (χ1n) is 10.4. The van der Waals surface area contributed by atoms with Gasteiger partial charge in [-0.25, -0.2) is 9.97 Å². The lowest BCUT2D eigenvalue weighted by molar-refractivity contribution is 0.0777. The van der Waals surface area contributed by atoms with E-state index in [4.69, 9.17) is 9.97 Å². The van der Waals surface area contributed by atoms with E-state index in [-0.39, 0.29) is 0 Å². The van der Waals surface area contributed by atoms with Crippen LogP contribution in [0.1, 0.15) is 42.8 Å². The molecule has 2 fully saturated rings. The molecule has 0 spiro atoms. The summed E-state index contributed by atoms with van der Waals surface area (Å²) < 4.78 is 0. The zero-order valence-electron chi connectivity index (χ0n) is 16.1. The van der Waals surface area contributed by atoms with Crippen LogP contribution in [-0.2, 0) is 12.8 Å². The third-order valence-electron chi connectivity index (χ3n) is 6.36. The normalized spacial score (nSPS) is 25.8. The zero-order valence-corrected chi connectivity index (χ0v) is 16.1. The lowest BCUT2D eigenvalue weighted by Gasteiger charge is -2.42. The molecule has 0 unspecified atom stereocenters. The molecule has 3 aliphatic rings. The summed E-state index contributed by atoms with van der Waals surface area (Å²) in [4.78, 5) is 14.7. The largest absolute Gasteiger partial charge is 0.396 e. The highest BCUT2D eigenvalue weighted by Gasteiger charge is 2.30. The van der Waals surface area contributed by atoms with Gasteiger partial charge in [0.2, 0.25) is 0 Å². The van der Waals surface area contributed by atoms with Crippen molar-refractivity contribution >= 4 is 5.82 Å². The monoisotopic (exact) mass is 359 g/mol. The summed E-state index contributed by atoms with van der Waals surface area (Å²) in [5, 5.41) is 13.0. The average Bonchev–Trinajstić information content (AvgIpc) is 2.93. The molecule has 2 N–H and O–H groups in total. The standard InChI is InChI=1S/C20H33N5O/c1-15-22-19-5-9-21-8-4-18(19)20(23-15)24-11-6-17(7-12-24)25-10-2-3-16(13-25)14-26/h16-17,21,26H,2-14H2,1H3/t16-/m1/s1. The molecule has 1 aromatic heterocycles. The number of piperidine rings is 2. The van der Waals surface area contributed by atoms with Gasteiger partial charge in [-0.1, -0.05) is 0 Å². The molecule has 0 aliphatic carbocycles. The first-order valence-corrected chi connectivity index (χ1v) is 10.4. The number of aryl methyl sites for hydroxylation is 1. The summed E-state index contributed by atoms with van der Waals surface area (Å²) in [6, 6.07) is 0.670. The van der Waals surface area contributed by atoms with Crippen molar-refractivity contribution in [3.05, 3.63) is 17.1 Å². The van der Waals surface area contributed by atoms with Gasteiger partial charge < -0.3 is 15.3 Å². The highest BCUT2D eigenvalue weighted by Crippen LogP contribution is 2.29. The number of likely N-dealkylation sites (tertiary alicyclic amines) is 1. The minimum absolute atomic E-state index is 0.343. The van der Waals surface area contributed by atoms with Crippen molar-refractivity contribution in [2.24, 2.45) is 5.92 Å². The van der Waals surface area contributed by atoms with Crippen LogP contribution in [0.25, 0.3) is 0 Å². The predicted molar refractivity (Wildman–Crippen MR) is 104 cm³/mol. The Labute approximate surface area is 157 Å². The van der Waals surface area contributed by atoms with Gasteiger partial charge in [0.25, 0.3) is 0 Å². The first-order chi connectivity index (χ1) is 12.7. The van der Waals surface area contributed by atoms with E-state index in [0.717, 1.165) is 51.4 Å². The fourth-order valence-corrected chi connectivity index (χ4v) is 4.93. The minimum atomic E-state index is 0.343. The van der Waals surface area contributed by atoms with E-state index in [9.17, 15) is 5.11 Å². The number of aliphatic hydroxyl groups excluding tert-OH is 1. The molecule has 0 aromatic carbocycles. The Morgan fingerprint density at radius 2 is 1.88 bits per heavy atom. The fourth-order valence-electron chi connectivity index (χ4n) is 4.93. The lowest BCUT2D eigenvalue weighted by atomic mass is 9.94. The molecule has 0 bridgehead atoms. The van der Waals surface area contributed by atoms with Crippen molar-refractivity contribution in [3.63, 3.8) is 0 Å². The SMILES string of the molecule is Cc1nc2c(c(N3CCC(N4CCC[C@@H](CO)C4)CC3)n1)CCNCC2. The molecule has 1 aromatic rings. The van der Waals surface area contributed by atoms with E-state index < -0.39 is 0 Å². The van der Waals surface area contributed by atoms with Crippen LogP contribution in [0.15, 0.2) is 0 Å². The molecule has 6 heteroatoms. The summed E-state index contributed by atoms with van der Waals surface area (Å²) in [5.41, 5.74) is 2.62. The van der Waals surface area contributed by atoms with Gasteiger partial charge in [0.15, 0.2) is 0 Å². The maximum Gasteiger partial charge on any atom is 0.135 e. The van der Waals surface area contributed by atoms with Crippen LogP contribution in [0, 0.1) is 12.8 Å². The van der Waals surface area contributed by atoms with Crippen LogP contribution in [0.2, 0.25) is 0 Å². The number of aromatic nitrogens is 2. The van der Waals surface area contributed by atoms with Crippen LogP contribution >= 0.6 is 0 Å². The van der Waals surface area contributed by atoms with Gasteiger partial charge in [0.05, 0.1) is 5.69 Å². The molecule has 144 valence electrons. The minimum Gasteiger partial charge on any atom is -0.396 e. The van der Waals surface area contributed by atoms with Gasteiger partial charge in [0, 0.05) is 50.8 Å². The third-order valence-corrected chi connectivity index (χ3v) is 6.36. The lowest BCUT2D eigenvalue weighted by Crippen LogP contribution is -2.49. The van der Waals surface area contributed by atoms with E-state index in [1.165, 1.54) is 49.3 Å². The predicted octanol–water partition coefficient (Wildman–Crippen LogP) is 1.15. The maximum absolute atomic E-state index is 9.51. The van der Waals surface area contributed by atoms with Crippen LogP contribution < -0.4 is 10.2 Å². The second kappa shape index (κ2) is 8.19. The van der Waals surface area contributed by atoms with Gasteiger partial charge in [-0.05, 0) is 58.0 Å². The van der Waals surface area contributed by atoms with Crippen molar-refractivity contribution in [1.82, 2.24) is 20.2 Å². The molecule has 0 saturated carbocycles. The van der Waals surface area contributed by atoms with E-state index in [1.807, 2.05) is 6.92 Å². The molecule has 3 aliphatic heterocycles. The molecule has 6 nitrogen and oxygen atoms in total. The van der Waals surface area contributed by atoms with Crippen LogP contribution in [0.4, 0.5) is 5.82 Å². The van der Waals surface area contributed by atoms with Gasteiger partial charge in [-0.15, -0.1) is 0 Å². The molecular weight excluding hydrogens is 326 g/mol. The quantitative estimate of drug-likeness (QED) is 0.844. The number of aliphatic hydroxyl groups is 1. The molecule has 0 radical (unpaired) electrons. The zero-order chi connectivity index (χ0) is 17.9. The summed E-state index contributed by atoms with van der Waals surface area (Å²) in [6.07, 6.45) is 6.87. The number of hydrogen-bond acceptors (Lipinski definition) is 6. The van der Waals surface area contributed by atoms with Crippen molar-refractivity contribution < 1.29 is 5.11 Å². The summed E-state index contributed by atoms with van der Waals surface area (Å²) in [7, 11) is 0. The van der Waals surface area contributed by atoms with Crippen LogP contribution in [0.5, 0.6) is 0 Å². The smallest absolute Gasteiger partial charge is 0.135 e. The number of nitrogens with one attached hydrogen (secondary N) is 1. The molecular formula is C20H33N5O. The molecule has 0 amide bonds. The Morgan fingerprint density at radius 3 is 2.69 bits per heavy atom. The van der Waals surface area contributed by atoms with Gasteiger partial charge in [-0.2, -0.15) is 0 Å². The Morgan fingerprint density at radius 1 is 1.08 bits per heavy atom. The second-order valence-corrected chi connectivity index (χ2v) is 8.17. The van der Waals surface area contributed by atoms with Crippen LogP contribution in [0.3, 0.4) is 0 Å². The Balaban J connectivity index is 1.44. The Hall–Kier alpha value is -1.24. The average molecular weight is 360 g/mol. The Bertz CT molecular complexity index is 614. The second-order valence-electron chi connectivity index (χ2n) is 8.17. The first kappa shape index (κ1) is 18.1. The van der Waals surface area contributed by atoms with Crippen molar-refractivity contribution in [2.75, 3.05) is 50.8 Å². The summed E-state index contributed by atoms with van der Waals surface area (Å²) >= 11 is 0. The molecule has 4 rings (SSSR count). The van der Waals surface area contributed by atoms with Gasteiger partial charge >= 0.3 is 0 Å². The fraction of sp³-hybridized carbons (Fsp3) is 0.800. The summed E-state index contributed by atoms with van der Waals surface area (Å²) in [6.45, 7) is 8.87. The van der Waals surface area contributed by atoms with E-state index in [1.54, 1.807) is 0 Å². The van der Waals surface area contributed by atoms with E-state index in [2.05, 4.69) is 15.1 Å². The molecule has 2 saturated heterocycles. The van der Waals surface area contributed by atoms with Gasteiger partial charge in [0.1, 0.15) is 11.6 Å². The molecule has 4 heterocycles. The van der Waals surface area contributed by atoms with Crippen molar-refractivity contribution in [3.8, 4) is 0 Å². The van der Waals surface area contributed by atoms with Gasteiger partial charge in [-0.3, -0.25) is 4.90 Å². The number of fused-ring (bicyclic) bond motifs is 1. The molecule has 26 heavy (non-hydrogen) atoms. The third kappa shape index (κ3) is 3.87. The van der Waals surface area contributed by atoms with E-state index in [0.29, 0.717) is 18.6 Å². The number of anilines is 1. The topological polar surface area (TPSA) is 64.5 Å². The molecule has 1 atom stereocenters. The summed E-state index contributed by atoms with van der Waals surface area (Å²) in [5.74, 6) is 2.58. The maximum atomic E-state index is 9.51. The van der Waals surface area contributed by atoms with Crippen molar-refractivity contribution in [1.29, 1.82) is 0 Å². The highest BCUT2D eigenvalue weighted by atomic mass is 16.3.